The summed E-state index contributed by atoms with van der Waals surface area (Å²) >= 11 is 0. The van der Waals surface area contributed by atoms with E-state index >= 15 is 0 Å². The minimum Gasteiger partial charge on any atom is -0.308 e. The first-order valence-electron chi connectivity index (χ1n) is 10.7. The molecule has 0 unspecified atom stereocenters. The second-order valence-electron chi connectivity index (χ2n) is 7.64. The highest BCUT2D eigenvalue weighted by atomic mass is 19.1. The van der Waals surface area contributed by atoms with Crippen molar-refractivity contribution in [2.45, 2.75) is 26.3 Å². The van der Waals surface area contributed by atoms with Gasteiger partial charge in [0, 0.05) is 23.8 Å². The molecule has 162 valence electrons. The van der Waals surface area contributed by atoms with Gasteiger partial charge in [-0.1, -0.05) is 43.7 Å². The Hall–Kier alpha value is -3.80. The SMILES string of the molecule is CCCCN(C(=O)c1cc2cccnc2n(Cc2ccc(F)cc2)c1=O)c1ccccc1. The summed E-state index contributed by atoms with van der Waals surface area (Å²) in [7, 11) is 0. The van der Waals surface area contributed by atoms with Crippen LogP contribution in [0.1, 0.15) is 35.7 Å². The fraction of sp³-hybridized carbons (Fsp3) is 0.192. The Bertz CT molecular complexity index is 1280. The predicted octanol–water partition coefficient (Wildman–Crippen LogP) is 5.03. The quantitative estimate of drug-likeness (QED) is 0.414. The second-order valence-corrected chi connectivity index (χ2v) is 7.64. The molecule has 0 aliphatic rings. The van der Waals surface area contributed by atoms with E-state index in [1.807, 2.05) is 36.4 Å². The molecule has 0 radical (unpaired) electrons. The van der Waals surface area contributed by atoms with E-state index in [4.69, 9.17) is 0 Å². The smallest absolute Gasteiger partial charge is 0.265 e. The highest BCUT2D eigenvalue weighted by Crippen LogP contribution is 2.19. The lowest BCUT2D eigenvalue weighted by atomic mass is 10.1. The molecule has 0 fully saturated rings. The molecule has 0 saturated carbocycles. The number of anilines is 1. The summed E-state index contributed by atoms with van der Waals surface area (Å²) in [5, 5.41) is 0.695. The van der Waals surface area contributed by atoms with Crippen molar-refractivity contribution in [3.63, 3.8) is 0 Å². The number of amides is 1. The summed E-state index contributed by atoms with van der Waals surface area (Å²) < 4.78 is 14.8. The summed E-state index contributed by atoms with van der Waals surface area (Å²) in [5.74, 6) is -0.685. The van der Waals surface area contributed by atoms with Crippen molar-refractivity contribution in [1.82, 2.24) is 9.55 Å². The van der Waals surface area contributed by atoms with E-state index in [1.54, 1.807) is 35.4 Å². The normalized spacial score (nSPS) is 10.9. The van der Waals surface area contributed by atoms with Crippen molar-refractivity contribution in [3.05, 3.63) is 106 Å². The molecular weight excluding hydrogens is 405 g/mol. The van der Waals surface area contributed by atoms with Crippen molar-refractivity contribution in [1.29, 1.82) is 0 Å². The highest BCUT2D eigenvalue weighted by Gasteiger charge is 2.23. The minimum absolute atomic E-state index is 0.0903. The third-order valence-electron chi connectivity index (χ3n) is 5.38. The lowest BCUT2D eigenvalue weighted by molar-refractivity contribution is 0.0985. The summed E-state index contributed by atoms with van der Waals surface area (Å²) in [6.45, 7) is 2.76. The zero-order valence-corrected chi connectivity index (χ0v) is 17.9. The van der Waals surface area contributed by atoms with Gasteiger partial charge in [0.15, 0.2) is 0 Å². The van der Waals surface area contributed by atoms with Gasteiger partial charge in [0.1, 0.15) is 17.0 Å². The van der Waals surface area contributed by atoms with E-state index in [0.717, 1.165) is 24.1 Å². The van der Waals surface area contributed by atoms with E-state index in [-0.39, 0.29) is 23.8 Å². The number of halogens is 1. The molecule has 0 N–H and O–H groups in total. The first kappa shape index (κ1) is 21.4. The van der Waals surface area contributed by atoms with Gasteiger partial charge in [-0.15, -0.1) is 0 Å². The number of hydrogen-bond acceptors (Lipinski definition) is 3. The molecule has 4 rings (SSSR count). The zero-order chi connectivity index (χ0) is 22.5. The fourth-order valence-electron chi connectivity index (χ4n) is 3.70. The van der Waals surface area contributed by atoms with Crippen molar-refractivity contribution in [3.8, 4) is 0 Å². The Kier molecular flexibility index (Phi) is 6.40. The topological polar surface area (TPSA) is 55.2 Å². The van der Waals surface area contributed by atoms with Crippen molar-refractivity contribution in [2.75, 3.05) is 11.4 Å². The highest BCUT2D eigenvalue weighted by molar-refractivity contribution is 6.07. The monoisotopic (exact) mass is 429 g/mol. The lowest BCUT2D eigenvalue weighted by Crippen LogP contribution is -2.37. The summed E-state index contributed by atoms with van der Waals surface area (Å²) in [6.07, 6.45) is 3.36. The van der Waals surface area contributed by atoms with Crippen LogP contribution in [-0.2, 0) is 6.54 Å². The van der Waals surface area contributed by atoms with Crippen molar-refractivity contribution in [2.24, 2.45) is 0 Å². The molecule has 0 atom stereocenters. The summed E-state index contributed by atoms with van der Waals surface area (Å²) in [5.41, 5.74) is 1.66. The lowest BCUT2D eigenvalue weighted by Gasteiger charge is -2.23. The van der Waals surface area contributed by atoms with Crippen LogP contribution in [0.25, 0.3) is 11.0 Å². The number of nitrogens with zero attached hydrogens (tertiary/aromatic N) is 3. The van der Waals surface area contributed by atoms with E-state index < -0.39 is 5.56 Å². The Morgan fingerprint density at radius 3 is 2.50 bits per heavy atom. The molecule has 5 nitrogen and oxygen atoms in total. The molecule has 2 aromatic carbocycles. The summed E-state index contributed by atoms with van der Waals surface area (Å²) in [4.78, 5) is 33.1. The van der Waals surface area contributed by atoms with Gasteiger partial charge in [-0.05, 0) is 54.4 Å². The van der Waals surface area contributed by atoms with Gasteiger partial charge in [0.25, 0.3) is 11.5 Å². The van der Waals surface area contributed by atoms with Gasteiger partial charge in [0.05, 0.1) is 6.54 Å². The van der Waals surface area contributed by atoms with Crippen LogP contribution in [0.4, 0.5) is 10.1 Å². The van der Waals surface area contributed by atoms with Gasteiger partial charge in [-0.2, -0.15) is 0 Å². The Labute approximate surface area is 185 Å². The first-order valence-corrected chi connectivity index (χ1v) is 10.7. The number of benzene rings is 2. The standard InChI is InChI=1S/C26H24FN3O2/c1-2-3-16-29(22-9-5-4-6-10-22)25(31)23-17-20-8-7-15-28-24(20)30(26(23)32)18-19-11-13-21(27)14-12-19/h4-15,17H,2-3,16,18H2,1H3. The number of hydrogen-bond donors (Lipinski definition) is 0. The number of pyridine rings is 2. The number of carbonyl (C=O) groups is 1. The maximum atomic E-state index is 13.6. The van der Waals surface area contributed by atoms with Gasteiger partial charge >= 0.3 is 0 Å². The van der Waals surface area contributed by atoms with Crippen LogP contribution in [-0.4, -0.2) is 22.0 Å². The predicted molar refractivity (Wildman–Crippen MR) is 125 cm³/mol. The molecule has 0 saturated heterocycles. The zero-order valence-electron chi connectivity index (χ0n) is 17.9. The third kappa shape index (κ3) is 4.44. The number of carbonyl (C=O) groups excluding carboxylic acids is 1. The largest absolute Gasteiger partial charge is 0.308 e. The Morgan fingerprint density at radius 1 is 1.03 bits per heavy atom. The van der Waals surface area contributed by atoms with E-state index in [1.165, 1.54) is 16.7 Å². The molecule has 0 aliphatic heterocycles. The molecule has 6 heteroatoms. The molecule has 1 amide bonds. The molecule has 0 spiro atoms. The van der Waals surface area contributed by atoms with E-state index in [0.29, 0.717) is 17.6 Å². The first-order chi connectivity index (χ1) is 15.6. The molecule has 2 heterocycles. The summed E-state index contributed by atoms with van der Waals surface area (Å²) in [6, 6.07) is 20.6. The van der Waals surface area contributed by atoms with Gasteiger partial charge in [-0.3, -0.25) is 14.2 Å². The van der Waals surface area contributed by atoms with Crippen LogP contribution in [0, 0.1) is 5.82 Å². The minimum atomic E-state index is -0.414. The maximum Gasteiger partial charge on any atom is 0.265 e. The van der Waals surface area contributed by atoms with Crippen LogP contribution in [0.5, 0.6) is 0 Å². The second kappa shape index (κ2) is 9.56. The van der Waals surface area contributed by atoms with Crippen molar-refractivity contribution >= 4 is 22.6 Å². The molecule has 4 aromatic rings. The Morgan fingerprint density at radius 2 is 1.78 bits per heavy atom. The number of fused-ring (bicyclic) bond motifs is 1. The molecule has 0 bridgehead atoms. The van der Waals surface area contributed by atoms with Crippen LogP contribution in [0.3, 0.4) is 0 Å². The molecule has 0 aliphatic carbocycles. The Balaban J connectivity index is 1.83. The number of aromatic nitrogens is 2. The average Bonchev–Trinajstić information content (AvgIpc) is 2.82. The fourth-order valence-corrected chi connectivity index (χ4v) is 3.70. The van der Waals surface area contributed by atoms with Crippen LogP contribution in [0.15, 0.2) is 83.8 Å². The van der Waals surface area contributed by atoms with Crippen LogP contribution < -0.4 is 10.5 Å². The number of rotatable bonds is 7. The molecular formula is C26H24FN3O2. The maximum absolute atomic E-state index is 13.6. The average molecular weight is 429 g/mol. The van der Waals surface area contributed by atoms with E-state index in [9.17, 15) is 14.0 Å². The number of para-hydroxylation sites is 1. The number of unbranched alkanes of at least 4 members (excludes halogenated alkanes) is 1. The van der Waals surface area contributed by atoms with Crippen LogP contribution >= 0.6 is 0 Å². The molecule has 32 heavy (non-hydrogen) atoms. The van der Waals surface area contributed by atoms with Gasteiger partial charge in [-0.25, -0.2) is 9.37 Å². The third-order valence-corrected chi connectivity index (χ3v) is 5.38. The van der Waals surface area contributed by atoms with Crippen molar-refractivity contribution < 1.29 is 9.18 Å². The molecule has 2 aromatic heterocycles. The van der Waals surface area contributed by atoms with Gasteiger partial charge in [0.2, 0.25) is 0 Å². The van der Waals surface area contributed by atoms with Crippen LogP contribution in [0.2, 0.25) is 0 Å². The van der Waals surface area contributed by atoms with Gasteiger partial charge < -0.3 is 4.90 Å². The van der Waals surface area contributed by atoms with E-state index in [2.05, 4.69) is 11.9 Å².